The van der Waals surface area contributed by atoms with Gasteiger partial charge in [0.05, 0.1) is 17.5 Å². The molecule has 2 fully saturated rings. The quantitative estimate of drug-likeness (QED) is 0.842. The normalized spacial score (nSPS) is 29.7. The van der Waals surface area contributed by atoms with Gasteiger partial charge in [-0.3, -0.25) is 4.79 Å². The van der Waals surface area contributed by atoms with Crippen LogP contribution in [-0.2, 0) is 20.2 Å². The third-order valence-corrected chi connectivity index (χ3v) is 7.54. The molecule has 0 aliphatic carbocycles. The number of amides is 1. The lowest BCUT2D eigenvalue weighted by Gasteiger charge is -2.48. The van der Waals surface area contributed by atoms with E-state index in [9.17, 15) is 18.3 Å². The van der Waals surface area contributed by atoms with Crippen LogP contribution in [0.15, 0.2) is 30.3 Å². The second-order valence-electron chi connectivity index (χ2n) is 7.73. The molecule has 1 aromatic rings. The van der Waals surface area contributed by atoms with Crippen molar-refractivity contribution in [3.05, 3.63) is 35.9 Å². The minimum atomic E-state index is -2.98. The predicted octanol–water partition coefficient (Wildman–Crippen LogP) is 0.862. The van der Waals surface area contributed by atoms with Crippen LogP contribution in [0.1, 0.15) is 24.8 Å². The van der Waals surface area contributed by atoms with Gasteiger partial charge in [-0.2, -0.15) is 0 Å². The molecule has 2 atom stereocenters. The van der Waals surface area contributed by atoms with Crippen molar-refractivity contribution in [2.24, 2.45) is 5.92 Å². The van der Waals surface area contributed by atoms with Crippen LogP contribution in [0.4, 0.5) is 0 Å². The third-order valence-electron chi connectivity index (χ3n) is 5.82. The second-order valence-corrected chi connectivity index (χ2v) is 10.0. The highest BCUT2D eigenvalue weighted by molar-refractivity contribution is 7.91. The number of piperidine rings is 1. The summed E-state index contributed by atoms with van der Waals surface area (Å²) in [5, 5.41) is 11.4. The number of benzene rings is 1. The summed E-state index contributed by atoms with van der Waals surface area (Å²) < 4.78 is 23.2. The van der Waals surface area contributed by atoms with E-state index < -0.39 is 15.4 Å². The Morgan fingerprint density at radius 3 is 2.38 bits per heavy atom. The fourth-order valence-electron chi connectivity index (χ4n) is 4.17. The van der Waals surface area contributed by atoms with Gasteiger partial charge in [-0.25, -0.2) is 8.42 Å². The number of nitrogens with zero attached hydrogens (tertiary/aromatic N) is 2. The molecule has 26 heavy (non-hydrogen) atoms. The number of hydrogen-bond donors (Lipinski definition) is 1. The fourth-order valence-corrected chi connectivity index (χ4v) is 5.66. The molecule has 6 nitrogen and oxygen atoms in total. The Hall–Kier alpha value is -1.44. The average Bonchev–Trinajstić information content (AvgIpc) is 2.62. The molecule has 0 saturated carbocycles. The van der Waals surface area contributed by atoms with Crippen LogP contribution in [0, 0.1) is 5.92 Å². The van der Waals surface area contributed by atoms with Crippen LogP contribution in [0.25, 0.3) is 0 Å². The zero-order chi connectivity index (χ0) is 18.9. The lowest BCUT2D eigenvalue weighted by Crippen LogP contribution is -2.60. The first-order valence-electron chi connectivity index (χ1n) is 9.16. The summed E-state index contributed by atoms with van der Waals surface area (Å²) in [5.41, 5.74) is -0.133. The molecule has 0 unspecified atom stereocenters. The molecular formula is C19H28N2O4S. The Bertz CT molecular complexity index is 736. The van der Waals surface area contributed by atoms with Crippen molar-refractivity contribution >= 4 is 15.7 Å². The van der Waals surface area contributed by atoms with E-state index in [0.29, 0.717) is 32.4 Å². The first-order chi connectivity index (χ1) is 12.2. The number of hydrogen-bond acceptors (Lipinski definition) is 5. The smallest absolute Gasteiger partial charge is 0.225 e. The van der Waals surface area contributed by atoms with Gasteiger partial charge >= 0.3 is 0 Å². The fraction of sp³-hybridized carbons (Fsp3) is 0.632. The maximum absolute atomic E-state index is 12.9. The summed E-state index contributed by atoms with van der Waals surface area (Å²) in [6.07, 6.45) is 1.29. The molecule has 144 valence electrons. The number of carbonyl (C=O) groups excluding carboxylic acids is 1. The number of carbonyl (C=O) groups is 1. The molecule has 3 rings (SSSR count). The van der Waals surface area contributed by atoms with E-state index in [-0.39, 0.29) is 29.4 Å². The van der Waals surface area contributed by atoms with Crippen LogP contribution in [0.2, 0.25) is 0 Å². The van der Waals surface area contributed by atoms with Crippen molar-refractivity contribution in [1.29, 1.82) is 0 Å². The van der Waals surface area contributed by atoms with Gasteiger partial charge in [-0.1, -0.05) is 30.3 Å². The van der Waals surface area contributed by atoms with Crippen molar-refractivity contribution in [2.45, 2.75) is 30.9 Å². The van der Waals surface area contributed by atoms with Gasteiger partial charge in [0, 0.05) is 19.0 Å². The molecule has 0 spiro atoms. The number of likely N-dealkylation sites (tertiary alicyclic amines) is 1. The van der Waals surface area contributed by atoms with Crippen molar-refractivity contribution in [2.75, 3.05) is 38.7 Å². The molecule has 1 aromatic carbocycles. The minimum absolute atomic E-state index is 0.0295. The van der Waals surface area contributed by atoms with Crippen LogP contribution in [-0.4, -0.2) is 74.0 Å². The van der Waals surface area contributed by atoms with E-state index in [1.165, 1.54) is 0 Å². The van der Waals surface area contributed by atoms with Gasteiger partial charge in [-0.05, 0) is 38.9 Å². The van der Waals surface area contributed by atoms with Gasteiger partial charge in [0.2, 0.25) is 5.91 Å². The summed E-state index contributed by atoms with van der Waals surface area (Å²) in [5.74, 6) is 0.0102. The summed E-state index contributed by atoms with van der Waals surface area (Å²) >= 11 is 0. The van der Waals surface area contributed by atoms with E-state index >= 15 is 0 Å². The van der Waals surface area contributed by atoms with Gasteiger partial charge in [-0.15, -0.1) is 0 Å². The average molecular weight is 381 g/mol. The zero-order valence-corrected chi connectivity index (χ0v) is 16.3. The van der Waals surface area contributed by atoms with E-state index in [4.69, 9.17) is 0 Å². The predicted molar refractivity (Wildman–Crippen MR) is 100 cm³/mol. The van der Waals surface area contributed by atoms with E-state index in [2.05, 4.69) is 0 Å². The van der Waals surface area contributed by atoms with E-state index in [0.717, 1.165) is 5.56 Å². The topological polar surface area (TPSA) is 77.9 Å². The summed E-state index contributed by atoms with van der Waals surface area (Å²) in [6.45, 7) is 0.929. The second kappa shape index (κ2) is 7.29. The maximum Gasteiger partial charge on any atom is 0.225 e. The molecule has 0 bridgehead atoms. The number of sulfone groups is 1. The van der Waals surface area contributed by atoms with Crippen LogP contribution >= 0.6 is 0 Å². The standard InChI is InChI=1S/C19H28N2O4S/c1-20(2)17-14-21(18(22)15-8-12-26(24,25)13-9-15)11-10-19(17,23)16-6-4-3-5-7-16/h3-7,15,17,23H,8-14H2,1-2H3/t17-,19+/m1/s1. The molecule has 7 heteroatoms. The summed E-state index contributed by atoms with van der Waals surface area (Å²) in [4.78, 5) is 16.7. The Balaban J connectivity index is 1.75. The molecule has 0 radical (unpaired) electrons. The number of rotatable bonds is 3. The SMILES string of the molecule is CN(C)[C@@H]1CN(C(=O)C2CCS(=O)(=O)CC2)CC[C@]1(O)c1ccccc1. The highest BCUT2D eigenvalue weighted by Gasteiger charge is 2.46. The Morgan fingerprint density at radius 2 is 1.81 bits per heavy atom. The van der Waals surface area contributed by atoms with Crippen LogP contribution in [0.3, 0.4) is 0 Å². The van der Waals surface area contributed by atoms with Crippen molar-refractivity contribution in [3.63, 3.8) is 0 Å². The maximum atomic E-state index is 12.9. The van der Waals surface area contributed by atoms with Crippen LogP contribution < -0.4 is 0 Å². The molecule has 0 aromatic heterocycles. The van der Waals surface area contributed by atoms with Gasteiger partial charge < -0.3 is 14.9 Å². The highest BCUT2D eigenvalue weighted by Crippen LogP contribution is 2.36. The minimum Gasteiger partial charge on any atom is -0.383 e. The van der Waals surface area contributed by atoms with Gasteiger partial charge in [0.1, 0.15) is 15.4 Å². The number of likely N-dealkylation sites (N-methyl/N-ethyl adjacent to an activating group) is 1. The van der Waals surface area contributed by atoms with Gasteiger partial charge in [0.25, 0.3) is 0 Å². The summed E-state index contributed by atoms with van der Waals surface area (Å²) in [7, 11) is 0.855. The lowest BCUT2D eigenvalue weighted by atomic mass is 9.79. The first kappa shape index (κ1) is 19.3. The van der Waals surface area contributed by atoms with Gasteiger partial charge in [0.15, 0.2) is 0 Å². The molecule has 1 amide bonds. The zero-order valence-electron chi connectivity index (χ0n) is 15.5. The Morgan fingerprint density at radius 1 is 1.19 bits per heavy atom. The molecule has 2 saturated heterocycles. The van der Waals surface area contributed by atoms with Crippen molar-refractivity contribution in [1.82, 2.24) is 9.80 Å². The summed E-state index contributed by atoms with van der Waals surface area (Å²) in [6, 6.07) is 9.41. The lowest BCUT2D eigenvalue weighted by molar-refractivity contribution is -0.146. The van der Waals surface area contributed by atoms with Crippen molar-refractivity contribution < 1.29 is 18.3 Å². The molecule has 2 aliphatic rings. The number of aliphatic hydroxyl groups is 1. The first-order valence-corrected chi connectivity index (χ1v) is 11.0. The molecule has 2 heterocycles. The molecule has 2 aliphatic heterocycles. The van der Waals surface area contributed by atoms with Crippen LogP contribution in [0.5, 0.6) is 0 Å². The third kappa shape index (κ3) is 3.80. The Kier molecular flexibility index (Phi) is 5.42. The molecular weight excluding hydrogens is 352 g/mol. The largest absolute Gasteiger partial charge is 0.383 e. The highest BCUT2D eigenvalue weighted by atomic mass is 32.2. The Labute approximate surface area is 155 Å². The van der Waals surface area contributed by atoms with E-state index in [1.807, 2.05) is 54.2 Å². The van der Waals surface area contributed by atoms with Crippen molar-refractivity contribution in [3.8, 4) is 0 Å². The monoisotopic (exact) mass is 380 g/mol. The molecule has 1 N–H and O–H groups in total. The van der Waals surface area contributed by atoms with E-state index in [1.54, 1.807) is 0 Å².